The van der Waals surface area contributed by atoms with Crippen LogP contribution >= 0.6 is 11.8 Å². The lowest BCUT2D eigenvalue weighted by molar-refractivity contribution is 0.0690. The molecule has 1 rings (SSSR count). The Balaban J connectivity index is 2.54. The van der Waals surface area contributed by atoms with Crippen molar-refractivity contribution in [2.24, 2.45) is 5.73 Å². The maximum Gasteiger partial charge on any atom is 0.354 e. The quantitative estimate of drug-likeness (QED) is 0.792. The summed E-state index contributed by atoms with van der Waals surface area (Å²) in [5, 5.41) is 9.26. The minimum Gasteiger partial charge on any atom is -0.477 e. The average molecular weight is 240 g/mol. The molecule has 0 aliphatic heterocycles. The number of carboxylic acids is 1. The number of nitrogens with two attached hydrogens (primary N) is 1. The summed E-state index contributed by atoms with van der Waals surface area (Å²) in [7, 11) is 0. The number of carboxylic acid groups (broad SMARTS) is 1. The summed E-state index contributed by atoms with van der Waals surface area (Å²) in [6.07, 6.45) is 0.962. The molecule has 1 aromatic rings. The van der Waals surface area contributed by atoms with E-state index in [-0.39, 0.29) is 5.69 Å². The van der Waals surface area contributed by atoms with Gasteiger partial charge in [-0.05, 0) is 25.1 Å². The van der Waals surface area contributed by atoms with Gasteiger partial charge in [0.25, 0.3) is 0 Å². The highest BCUT2D eigenvalue weighted by Crippen LogP contribution is 2.18. The molecule has 0 aliphatic rings. The van der Waals surface area contributed by atoms with Gasteiger partial charge in [-0.1, -0.05) is 13.0 Å². The van der Waals surface area contributed by atoms with Crippen LogP contribution in [0.5, 0.6) is 0 Å². The second-order valence-electron chi connectivity index (χ2n) is 3.52. The fraction of sp³-hybridized carbons (Fsp3) is 0.455. The van der Waals surface area contributed by atoms with Crippen molar-refractivity contribution in [1.82, 2.24) is 4.98 Å². The Morgan fingerprint density at radius 2 is 2.38 bits per heavy atom. The van der Waals surface area contributed by atoms with Crippen LogP contribution in [0.15, 0.2) is 18.2 Å². The van der Waals surface area contributed by atoms with Gasteiger partial charge in [0.1, 0.15) is 5.69 Å². The first-order valence-electron chi connectivity index (χ1n) is 5.14. The van der Waals surface area contributed by atoms with Crippen LogP contribution in [0.3, 0.4) is 0 Å². The Morgan fingerprint density at radius 1 is 1.62 bits per heavy atom. The molecule has 1 unspecified atom stereocenters. The summed E-state index contributed by atoms with van der Waals surface area (Å²) in [4.78, 5) is 14.8. The van der Waals surface area contributed by atoms with E-state index in [2.05, 4.69) is 11.9 Å². The van der Waals surface area contributed by atoms with Gasteiger partial charge in [-0.2, -0.15) is 11.8 Å². The number of carbonyl (C=O) groups is 1. The molecule has 88 valence electrons. The fourth-order valence-corrected chi connectivity index (χ4v) is 2.14. The lowest BCUT2D eigenvalue weighted by Crippen LogP contribution is -2.08. The monoisotopic (exact) mass is 240 g/mol. The van der Waals surface area contributed by atoms with Gasteiger partial charge in [0.05, 0.1) is 5.69 Å². The van der Waals surface area contributed by atoms with E-state index in [4.69, 9.17) is 10.8 Å². The van der Waals surface area contributed by atoms with Crippen molar-refractivity contribution in [3.8, 4) is 0 Å². The number of aromatic carboxylic acids is 1. The van der Waals surface area contributed by atoms with Crippen molar-refractivity contribution in [2.75, 3.05) is 6.54 Å². The minimum absolute atomic E-state index is 0.101. The molecule has 0 aromatic carbocycles. The fourth-order valence-electron chi connectivity index (χ4n) is 1.22. The van der Waals surface area contributed by atoms with Gasteiger partial charge in [-0.15, -0.1) is 0 Å². The van der Waals surface area contributed by atoms with E-state index in [1.54, 1.807) is 17.8 Å². The highest BCUT2D eigenvalue weighted by molar-refractivity contribution is 7.99. The third-order valence-corrected chi connectivity index (χ3v) is 3.38. The van der Waals surface area contributed by atoms with Crippen LogP contribution in [0.25, 0.3) is 0 Å². The molecule has 0 saturated carbocycles. The van der Waals surface area contributed by atoms with Crippen LogP contribution in [0.2, 0.25) is 0 Å². The molecule has 5 heteroatoms. The second-order valence-corrected chi connectivity index (χ2v) is 4.95. The Hall–Kier alpha value is -1.07. The van der Waals surface area contributed by atoms with Crippen LogP contribution < -0.4 is 5.73 Å². The predicted molar refractivity (Wildman–Crippen MR) is 65.6 cm³/mol. The lowest BCUT2D eigenvalue weighted by Gasteiger charge is -2.09. The standard InChI is InChI=1S/C11H16N2O2S/c1-8(5-6-12)16-7-9-3-2-4-10(13-9)11(14)15/h2-4,8H,5-7,12H2,1H3,(H,14,15). The third-order valence-electron chi connectivity index (χ3n) is 2.11. The van der Waals surface area contributed by atoms with Crippen LogP contribution in [0.1, 0.15) is 29.5 Å². The molecule has 0 radical (unpaired) electrons. The summed E-state index contributed by atoms with van der Waals surface area (Å²) in [5.74, 6) is -0.260. The molecule has 1 heterocycles. The SMILES string of the molecule is CC(CCN)SCc1cccc(C(=O)O)n1. The smallest absolute Gasteiger partial charge is 0.354 e. The number of thioether (sulfide) groups is 1. The molecule has 1 atom stereocenters. The van der Waals surface area contributed by atoms with Gasteiger partial charge in [-0.25, -0.2) is 9.78 Å². The topological polar surface area (TPSA) is 76.2 Å². The predicted octanol–water partition coefficient (Wildman–Crippen LogP) is 1.75. The van der Waals surface area contributed by atoms with Crippen LogP contribution in [-0.2, 0) is 5.75 Å². The Morgan fingerprint density at radius 3 is 3.00 bits per heavy atom. The molecule has 16 heavy (non-hydrogen) atoms. The number of hydrogen-bond donors (Lipinski definition) is 2. The molecule has 3 N–H and O–H groups in total. The summed E-state index contributed by atoms with van der Waals surface area (Å²) in [6, 6.07) is 5.06. The van der Waals surface area contributed by atoms with E-state index in [0.717, 1.165) is 17.9 Å². The largest absolute Gasteiger partial charge is 0.477 e. The highest BCUT2D eigenvalue weighted by Gasteiger charge is 2.06. The van der Waals surface area contributed by atoms with Gasteiger partial charge < -0.3 is 10.8 Å². The van der Waals surface area contributed by atoms with Gasteiger partial charge in [-0.3, -0.25) is 0 Å². The molecule has 0 amide bonds. The third kappa shape index (κ3) is 4.20. The number of aromatic nitrogens is 1. The van der Waals surface area contributed by atoms with E-state index in [1.807, 2.05) is 6.07 Å². The Labute approximate surface area is 99.3 Å². The van der Waals surface area contributed by atoms with Gasteiger partial charge >= 0.3 is 5.97 Å². The van der Waals surface area contributed by atoms with Gasteiger partial charge in [0.15, 0.2) is 0 Å². The summed E-state index contributed by atoms with van der Waals surface area (Å²) < 4.78 is 0. The second kappa shape index (κ2) is 6.50. The lowest BCUT2D eigenvalue weighted by atomic mass is 10.3. The van der Waals surface area contributed by atoms with E-state index in [0.29, 0.717) is 11.8 Å². The van der Waals surface area contributed by atoms with Crippen LogP contribution in [-0.4, -0.2) is 27.9 Å². The van der Waals surface area contributed by atoms with Crippen molar-refractivity contribution in [2.45, 2.75) is 24.3 Å². The highest BCUT2D eigenvalue weighted by atomic mass is 32.2. The van der Waals surface area contributed by atoms with Crippen molar-refractivity contribution in [1.29, 1.82) is 0 Å². The summed E-state index contributed by atoms with van der Waals surface area (Å²) in [5.41, 5.74) is 6.36. The van der Waals surface area contributed by atoms with Crippen LogP contribution in [0.4, 0.5) is 0 Å². The number of pyridine rings is 1. The first-order valence-corrected chi connectivity index (χ1v) is 6.19. The van der Waals surface area contributed by atoms with Gasteiger partial charge in [0, 0.05) is 11.0 Å². The van der Waals surface area contributed by atoms with Crippen molar-refractivity contribution in [3.05, 3.63) is 29.6 Å². The molecular weight excluding hydrogens is 224 g/mol. The summed E-state index contributed by atoms with van der Waals surface area (Å²) in [6.45, 7) is 2.79. The molecule has 1 aromatic heterocycles. The molecular formula is C11H16N2O2S. The zero-order chi connectivity index (χ0) is 12.0. The summed E-state index contributed by atoms with van der Waals surface area (Å²) >= 11 is 1.74. The Bertz CT molecular complexity index is 358. The van der Waals surface area contributed by atoms with Gasteiger partial charge in [0.2, 0.25) is 0 Å². The average Bonchev–Trinajstić information content (AvgIpc) is 2.27. The molecule has 0 fully saturated rings. The number of hydrogen-bond acceptors (Lipinski definition) is 4. The first kappa shape index (κ1) is 13.0. The maximum atomic E-state index is 10.7. The van der Waals surface area contributed by atoms with Crippen molar-refractivity contribution in [3.63, 3.8) is 0 Å². The maximum absolute atomic E-state index is 10.7. The molecule has 0 saturated heterocycles. The van der Waals surface area contributed by atoms with Crippen LogP contribution in [0, 0.1) is 0 Å². The molecule has 0 spiro atoms. The Kier molecular flexibility index (Phi) is 5.28. The first-order chi connectivity index (χ1) is 7.63. The van der Waals surface area contributed by atoms with E-state index >= 15 is 0 Å². The molecule has 0 aliphatic carbocycles. The zero-order valence-electron chi connectivity index (χ0n) is 9.22. The number of nitrogens with zero attached hydrogens (tertiary/aromatic N) is 1. The zero-order valence-corrected chi connectivity index (χ0v) is 10.0. The minimum atomic E-state index is -0.984. The van der Waals surface area contributed by atoms with Crippen molar-refractivity contribution < 1.29 is 9.90 Å². The van der Waals surface area contributed by atoms with E-state index < -0.39 is 5.97 Å². The van der Waals surface area contributed by atoms with E-state index in [1.165, 1.54) is 6.07 Å². The number of rotatable bonds is 6. The molecule has 0 bridgehead atoms. The molecule has 4 nitrogen and oxygen atoms in total. The van der Waals surface area contributed by atoms with E-state index in [9.17, 15) is 4.79 Å². The normalized spacial score (nSPS) is 12.4. The van der Waals surface area contributed by atoms with Crippen molar-refractivity contribution >= 4 is 17.7 Å².